The number of rotatable bonds is 8. The van der Waals surface area contributed by atoms with E-state index in [2.05, 4.69) is 47.0 Å². The third-order valence-electron chi connectivity index (χ3n) is 3.06. The SMILES string of the molecule is C1CC(CSCC2CS2)[Se]C(CSCC2CS2)[Se]1. The Morgan fingerprint density at radius 3 is 2.28 bits per heavy atom. The molecule has 0 aromatic heterocycles. The molecule has 0 bridgehead atoms. The first-order valence-corrected chi connectivity index (χ1v) is 15.1. The summed E-state index contributed by atoms with van der Waals surface area (Å²) in [6, 6.07) is 0. The third kappa shape index (κ3) is 6.05. The maximum atomic E-state index is 2.27. The summed E-state index contributed by atoms with van der Waals surface area (Å²) in [5.74, 6) is 8.80. The van der Waals surface area contributed by atoms with Crippen LogP contribution in [-0.2, 0) is 0 Å². The van der Waals surface area contributed by atoms with Gasteiger partial charge in [-0.1, -0.05) is 0 Å². The zero-order valence-corrected chi connectivity index (χ0v) is 17.1. The van der Waals surface area contributed by atoms with Crippen molar-refractivity contribution in [2.45, 2.75) is 30.8 Å². The molecule has 6 heteroatoms. The molecule has 3 heterocycles. The van der Waals surface area contributed by atoms with Gasteiger partial charge in [-0.05, 0) is 0 Å². The molecule has 0 aromatic rings. The maximum absolute atomic E-state index is 2.27. The van der Waals surface area contributed by atoms with Gasteiger partial charge in [0.05, 0.1) is 0 Å². The summed E-state index contributed by atoms with van der Waals surface area (Å²) < 4.78 is 1.17. The van der Waals surface area contributed by atoms with Gasteiger partial charge in [-0.25, -0.2) is 0 Å². The summed E-state index contributed by atoms with van der Waals surface area (Å²) >= 11 is 10.8. The molecule has 3 aliphatic heterocycles. The van der Waals surface area contributed by atoms with E-state index in [4.69, 9.17) is 0 Å². The van der Waals surface area contributed by atoms with Gasteiger partial charge in [-0.15, -0.1) is 0 Å². The molecule has 0 spiro atoms. The van der Waals surface area contributed by atoms with Gasteiger partial charge >= 0.3 is 142 Å². The first-order chi connectivity index (χ1) is 8.90. The van der Waals surface area contributed by atoms with Gasteiger partial charge in [0.15, 0.2) is 0 Å². The molecule has 0 aliphatic carbocycles. The van der Waals surface area contributed by atoms with E-state index in [9.17, 15) is 0 Å². The zero-order valence-electron chi connectivity index (χ0n) is 10.4. The molecule has 4 atom stereocenters. The molecular weight excluding hydrogens is 430 g/mol. The fourth-order valence-electron chi connectivity index (χ4n) is 1.82. The summed E-state index contributed by atoms with van der Waals surface area (Å²) in [6.45, 7) is 0. The molecule has 0 nitrogen and oxygen atoms in total. The molecule has 0 saturated carbocycles. The van der Waals surface area contributed by atoms with Crippen LogP contribution in [0.5, 0.6) is 0 Å². The Bertz CT molecular complexity index is 234. The topological polar surface area (TPSA) is 0 Å². The van der Waals surface area contributed by atoms with Crippen LogP contribution in [0.4, 0.5) is 0 Å². The van der Waals surface area contributed by atoms with E-state index in [1.807, 2.05) is 0 Å². The van der Waals surface area contributed by atoms with Crippen LogP contribution < -0.4 is 0 Å². The van der Waals surface area contributed by atoms with Crippen molar-refractivity contribution >= 4 is 77.0 Å². The van der Waals surface area contributed by atoms with Crippen LogP contribution in [0.2, 0.25) is 13.9 Å². The van der Waals surface area contributed by atoms with Crippen molar-refractivity contribution in [3.05, 3.63) is 0 Å². The van der Waals surface area contributed by atoms with Crippen LogP contribution >= 0.6 is 47.0 Å². The molecular formula is C12H20S4Se2. The van der Waals surface area contributed by atoms with Crippen molar-refractivity contribution in [1.82, 2.24) is 0 Å². The summed E-state index contributed by atoms with van der Waals surface area (Å²) in [6.07, 6.45) is 1.57. The Morgan fingerprint density at radius 2 is 1.61 bits per heavy atom. The summed E-state index contributed by atoms with van der Waals surface area (Å²) in [5.41, 5.74) is 0. The summed E-state index contributed by atoms with van der Waals surface area (Å²) in [4.78, 5) is 1.13. The van der Waals surface area contributed by atoms with Gasteiger partial charge in [0.1, 0.15) is 0 Å². The van der Waals surface area contributed by atoms with Crippen molar-refractivity contribution in [1.29, 1.82) is 0 Å². The Hall–Kier alpha value is 2.44. The molecule has 3 rings (SSSR count). The summed E-state index contributed by atoms with van der Waals surface area (Å²) in [7, 11) is 0. The zero-order chi connectivity index (χ0) is 12.2. The number of hydrogen-bond acceptors (Lipinski definition) is 4. The second kappa shape index (κ2) is 8.17. The Morgan fingerprint density at radius 1 is 0.944 bits per heavy atom. The molecule has 3 aliphatic rings. The fourth-order valence-corrected chi connectivity index (χ4v) is 16.7. The minimum absolute atomic E-state index is 0.978. The molecule has 18 heavy (non-hydrogen) atoms. The van der Waals surface area contributed by atoms with E-state index < -0.39 is 0 Å². The summed E-state index contributed by atoms with van der Waals surface area (Å²) in [5, 5.41) is 3.67. The molecule has 3 saturated heterocycles. The van der Waals surface area contributed by atoms with Crippen molar-refractivity contribution in [2.75, 3.05) is 34.5 Å². The van der Waals surface area contributed by atoms with Crippen LogP contribution in [0, 0.1) is 0 Å². The second-order valence-corrected chi connectivity index (χ2v) is 17.1. The van der Waals surface area contributed by atoms with Crippen molar-refractivity contribution < 1.29 is 0 Å². The standard InChI is InChI=1S/C12H20S4Se2/c1-2-17-12(8-14-4-10-6-16-10)18-11(1)7-13-3-9-5-15-9/h9-12H,1-8H2. The predicted molar refractivity (Wildman–Crippen MR) is 95.6 cm³/mol. The molecule has 0 radical (unpaired) electrons. The first kappa shape index (κ1) is 15.3. The van der Waals surface area contributed by atoms with Crippen LogP contribution in [0.1, 0.15) is 6.42 Å². The molecule has 104 valence electrons. The minimum atomic E-state index is 0.978. The van der Waals surface area contributed by atoms with E-state index in [1.54, 1.807) is 11.7 Å². The van der Waals surface area contributed by atoms with Gasteiger partial charge in [-0.3, -0.25) is 0 Å². The number of thioether (sulfide) groups is 4. The van der Waals surface area contributed by atoms with Crippen LogP contribution in [0.3, 0.4) is 0 Å². The Balaban J connectivity index is 1.26. The Labute approximate surface area is 141 Å². The van der Waals surface area contributed by atoms with E-state index in [-0.39, 0.29) is 0 Å². The van der Waals surface area contributed by atoms with Crippen molar-refractivity contribution in [3.8, 4) is 0 Å². The van der Waals surface area contributed by atoms with Crippen LogP contribution in [0.15, 0.2) is 0 Å². The molecule has 0 aromatic carbocycles. The van der Waals surface area contributed by atoms with Crippen molar-refractivity contribution in [3.63, 3.8) is 0 Å². The monoisotopic (exact) mass is 452 g/mol. The van der Waals surface area contributed by atoms with E-state index >= 15 is 0 Å². The Kier molecular flexibility index (Phi) is 6.96. The average molecular weight is 450 g/mol. The molecule has 0 amide bonds. The third-order valence-corrected chi connectivity index (χ3v) is 16.8. The van der Waals surface area contributed by atoms with E-state index in [0.29, 0.717) is 0 Å². The van der Waals surface area contributed by atoms with Crippen LogP contribution in [0.25, 0.3) is 0 Å². The molecule has 4 unspecified atom stereocenters. The molecule has 0 N–H and O–H groups in total. The first-order valence-electron chi connectivity index (χ1n) is 6.56. The van der Waals surface area contributed by atoms with E-state index in [0.717, 1.165) is 45.2 Å². The van der Waals surface area contributed by atoms with Crippen molar-refractivity contribution in [2.24, 2.45) is 0 Å². The fraction of sp³-hybridized carbons (Fsp3) is 1.00. The van der Waals surface area contributed by atoms with E-state index in [1.165, 1.54) is 38.2 Å². The number of hydrogen-bond donors (Lipinski definition) is 0. The normalized spacial score (nSPS) is 38.7. The van der Waals surface area contributed by atoms with Gasteiger partial charge < -0.3 is 0 Å². The average Bonchev–Trinajstić information content (AvgIpc) is 3.25. The van der Waals surface area contributed by atoms with Gasteiger partial charge in [0.2, 0.25) is 0 Å². The molecule has 3 fully saturated rings. The quantitative estimate of drug-likeness (QED) is 0.410. The van der Waals surface area contributed by atoms with Gasteiger partial charge in [0, 0.05) is 0 Å². The van der Waals surface area contributed by atoms with Gasteiger partial charge in [0.25, 0.3) is 0 Å². The van der Waals surface area contributed by atoms with Gasteiger partial charge in [-0.2, -0.15) is 0 Å². The predicted octanol–water partition coefficient (Wildman–Crippen LogP) is 3.45. The second-order valence-electron chi connectivity index (χ2n) is 4.83. The van der Waals surface area contributed by atoms with Crippen LogP contribution in [-0.4, -0.2) is 74.9 Å².